The number of carbonyl (C=O) groups is 1. The van der Waals surface area contributed by atoms with Crippen LogP contribution in [0.2, 0.25) is 0 Å². The van der Waals surface area contributed by atoms with Crippen LogP contribution in [0.1, 0.15) is 44.2 Å². The van der Waals surface area contributed by atoms with Crippen molar-refractivity contribution in [3.8, 4) is 5.75 Å². The van der Waals surface area contributed by atoms with Crippen molar-refractivity contribution in [3.63, 3.8) is 0 Å². The van der Waals surface area contributed by atoms with E-state index in [2.05, 4.69) is 5.32 Å². The number of likely N-dealkylation sites (tertiary alicyclic amines) is 1. The lowest BCUT2D eigenvalue weighted by Crippen LogP contribution is -2.40. The minimum Gasteiger partial charge on any atom is -0.491 e. The average molecular weight is 402 g/mol. The highest BCUT2D eigenvalue weighted by Crippen LogP contribution is 2.37. The van der Waals surface area contributed by atoms with Crippen molar-refractivity contribution in [1.82, 2.24) is 4.90 Å². The van der Waals surface area contributed by atoms with Crippen molar-refractivity contribution in [2.24, 2.45) is 0 Å². The minimum absolute atomic E-state index is 0.00759. The number of alkyl halides is 1. The van der Waals surface area contributed by atoms with E-state index in [0.29, 0.717) is 24.4 Å². The molecule has 156 valence electrons. The van der Waals surface area contributed by atoms with Crippen LogP contribution in [-0.2, 0) is 11.3 Å². The van der Waals surface area contributed by atoms with Crippen LogP contribution in [-0.4, -0.2) is 36.2 Å². The second-order valence-electron chi connectivity index (χ2n) is 7.87. The first-order valence-electron chi connectivity index (χ1n) is 10.0. The van der Waals surface area contributed by atoms with Crippen molar-refractivity contribution < 1.29 is 18.3 Å². The van der Waals surface area contributed by atoms with Gasteiger partial charge in [0.1, 0.15) is 17.7 Å². The van der Waals surface area contributed by atoms with Crippen LogP contribution in [0.5, 0.6) is 5.75 Å². The summed E-state index contributed by atoms with van der Waals surface area (Å²) in [5.41, 5.74) is 2.36. The fourth-order valence-corrected chi connectivity index (χ4v) is 3.81. The number of nitrogens with one attached hydrogen (secondary N) is 1. The summed E-state index contributed by atoms with van der Waals surface area (Å²) in [5, 5.41) is 2.82. The molecule has 1 aliphatic rings. The first-order chi connectivity index (χ1) is 13.8. The number of hydrogen-bond donors (Lipinski definition) is 1. The van der Waals surface area contributed by atoms with E-state index < -0.39 is 6.17 Å². The molecule has 1 fully saturated rings. The number of benzene rings is 2. The molecule has 0 radical (unpaired) electrons. The zero-order chi connectivity index (χ0) is 21.0. The topological polar surface area (TPSA) is 41.6 Å². The number of halogens is 2. The van der Waals surface area contributed by atoms with Gasteiger partial charge in [-0.3, -0.25) is 9.69 Å². The van der Waals surface area contributed by atoms with E-state index in [1.165, 1.54) is 19.1 Å². The predicted octanol–water partition coefficient (Wildman–Crippen LogP) is 4.90. The molecule has 1 N–H and O–H groups in total. The molecule has 0 bridgehead atoms. The molecule has 29 heavy (non-hydrogen) atoms. The van der Waals surface area contributed by atoms with Crippen LogP contribution in [0.4, 0.5) is 14.5 Å². The van der Waals surface area contributed by atoms with E-state index in [-0.39, 0.29) is 30.3 Å². The quantitative estimate of drug-likeness (QED) is 0.747. The van der Waals surface area contributed by atoms with Gasteiger partial charge in [-0.2, -0.15) is 0 Å². The van der Waals surface area contributed by atoms with Crippen molar-refractivity contribution in [2.75, 3.05) is 18.4 Å². The molecule has 6 heteroatoms. The van der Waals surface area contributed by atoms with Crippen LogP contribution in [0.3, 0.4) is 0 Å². The number of nitrogens with zero attached hydrogens (tertiary/aromatic N) is 1. The molecule has 2 atom stereocenters. The molecule has 2 aromatic carbocycles. The molecule has 1 saturated heterocycles. The highest BCUT2D eigenvalue weighted by atomic mass is 19.1. The van der Waals surface area contributed by atoms with Crippen LogP contribution in [0, 0.1) is 5.82 Å². The SMILES string of the molecule is CC(=O)Nc1ccc(OC(C)C)cc1[C@H]1CCN(Cc2ccc(F)cc2)C[C@H]1F. The molecule has 0 unspecified atom stereocenters. The van der Waals surface area contributed by atoms with Gasteiger partial charge in [0.15, 0.2) is 0 Å². The lowest BCUT2D eigenvalue weighted by Gasteiger charge is -2.35. The Kier molecular flexibility index (Phi) is 6.85. The number of hydrogen-bond acceptors (Lipinski definition) is 3. The fourth-order valence-electron chi connectivity index (χ4n) is 3.81. The van der Waals surface area contributed by atoms with Gasteiger partial charge in [0.05, 0.1) is 6.10 Å². The van der Waals surface area contributed by atoms with Crippen LogP contribution < -0.4 is 10.1 Å². The van der Waals surface area contributed by atoms with Gasteiger partial charge < -0.3 is 10.1 Å². The number of rotatable bonds is 6. The first kappa shape index (κ1) is 21.2. The maximum absolute atomic E-state index is 15.2. The third kappa shape index (κ3) is 5.76. The van der Waals surface area contributed by atoms with Gasteiger partial charge in [-0.25, -0.2) is 8.78 Å². The predicted molar refractivity (Wildman–Crippen MR) is 110 cm³/mol. The summed E-state index contributed by atoms with van der Waals surface area (Å²) >= 11 is 0. The number of anilines is 1. The summed E-state index contributed by atoms with van der Waals surface area (Å²) in [6.07, 6.45) is -0.445. The van der Waals surface area contributed by atoms with Crippen LogP contribution in [0.15, 0.2) is 42.5 Å². The Morgan fingerprint density at radius 3 is 2.59 bits per heavy atom. The largest absolute Gasteiger partial charge is 0.491 e. The first-order valence-corrected chi connectivity index (χ1v) is 10.0. The summed E-state index contributed by atoms with van der Waals surface area (Å²) in [5.74, 6) is -0.111. The van der Waals surface area contributed by atoms with Gasteiger partial charge in [0.2, 0.25) is 5.91 Å². The average Bonchev–Trinajstić information content (AvgIpc) is 2.64. The number of ether oxygens (including phenoxy) is 1. The Morgan fingerprint density at radius 2 is 1.97 bits per heavy atom. The van der Waals surface area contributed by atoms with Crippen molar-refractivity contribution in [1.29, 1.82) is 0 Å². The van der Waals surface area contributed by atoms with Gasteiger partial charge in [-0.1, -0.05) is 12.1 Å². The Hall–Kier alpha value is -2.47. The zero-order valence-corrected chi connectivity index (χ0v) is 17.1. The molecule has 0 aliphatic carbocycles. The smallest absolute Gasteiger partial charge is 0.221 e. The van der Waals surface area contributed by atoms with E-state index in [0.717, 1.165) is 17.7 Å². The third-order valence-electron chi connectivity index (χ3n) is 5.05. The molecule has 2 aromatic rings. The molecule has 4 nitrogen and oxygen atoms in total. The van der Waals surface area contributed by atoms with Crippen molar-refractivity contribution in [2.45, 2.75) is 51.9 Å². The minimum atomic E-state index is -1.08. The van der Waals surface area contributed by atoms with E-state index in [1.807, 2.05) is 24.8 Å². The van der Waals surface area contributed by atoms with Gasteiger partial charge in [-0.05, 0) is 68.3 Å². The highest BCUT2D eigenvalue weighted by molar-refractivity contribution is 5.89. The number of carbonyl (C=O) groups excluding carboxylic acids is 1. The highest BCUT2D eigenvalue weighted by Gasteiger charge is 2.32. The van der Waals surface area contributed by atoms with Gasteiger partial charge in [-0.15, -0.1) is 0 Å². The van der Waals surface area contributed by atoms with E-state index in [4.69, 9.17) is 4.74 Å². The molecule has 1 amide bonds. The second-order valence-corrected chi connectivity index (χ2v) is 7.87. The third-order valence-corrected chi connectivity index (χ3v) is 5.05. The molecular weight excluding hydrogens is 374 g/mol. The summed E-state index contributed by atoms with van der Waals surface area (Å²) in [6, 6.07) is 11.7. The Bertz CT molecular complexity index is 839. The fraction of sp³-hybridized carbons (Fsp3) is 0.435. The molecule has 3 rings (SSSR count). The Morgan fingerprint density at radius 1 is 1.24 bits per heavy atom. The van der Waals surface area contributed by atoms with Gasteiger partial charge in [0, 0.05) is 31.6 Å². The summed E-state index contributed by atoms with van der Waals surface area (Å²) in [4.78, 5) is 13.6. The maximum Gasteiger partial charge on any atom is 0.221 e. The lowest BCUT2D eigenvalue weighted by atomic mass is 9.86. The number of amides is 1. The monoisotopic (exact) mass is 402 g/mol. The van der Waals surface area contributed by atoms with Gasteiger partial charge >= 0.3 is 0 Å². The van der Waals surface area contributed by atoms with Crippen molar-refractivity contribution >= 4 is 11.6 Å². The Balaban J connectivity index is 1.75. The van der Waals surface area contributed by atoms with E-state index in [9.17, 15) is 9.18 Å². The van der Waals surface area contributed by atoms with Crippen LogP contribution >= 0.6 is 0 Å². The summed E-state index contributed by atoms with van der Waals surface area (Å²) < 4.78 is 34.1. The van der Waals surface area contributed by atoms with Crippen molar-refractivity contribution in [3.05, 3.63) is 59.4 Å². The summed E-state index contributed by atoms with van der Waals surface area (Å²) in [7, 11) is 0. The second kappa shape index (κ2) is 9.35. The molecule has 0 spiro atoms. The lowest BCUT2D eigenvalue weighted by molar-refractivity contribution is -0.114. The molecule has 1 aliphatic heterocycles. The number of piperidine rings is 1. The van der Waals surface area contributed by atoms with E-state index >= 15 is 4.39 Å². The normalized spacial score (nSPS) is 19.9. The van der Waals surface area contributed by atoms with E-state index in [1.54, 1.807) is 24.3 Å². The molecular formula is C23H28F2N2O2. The molecule has 0 saturated carbocycles. The standard InChI is InChI=1S/C23H28F2N2O2/c1-15(2)29-19-8-9-23(26-16(3)28)21(12-19)20-10-11-27(14-22(20)25)13-17-4-6-18(24)7-5-17/h4-9,12,15,20,22H,10-11,13-14H2,1-3H3,(H,26,28)/t20-,22-/m1/s1. The van der Waals surface area contributed by atoms with Crippen LogP contribution in [0.25, 0.3) is 0 Å². The maximum atomic E-state index is 15.2. The summed E-state index contributed by atoms with van der Waals surface area (Å²) in [6.45, 7) is 6.91. The molecule has 1 heterocycles. The Labute approximate surface area is 170 Å². The zero-order valence-electron chi connectivity index (χ0n) is 17.1. The molecule has 0 aromatic heterocycles. The van der Waals surface area contributed by atoms with Gasteiger partial charge in [0.25, 0.3) is 0 Å².